The summed E-state index contributed by atoms with van der Waals surface area (Å²) >= 11 is 12.1. The van der Waals surface area contributed by atoms with Crippen LogP contribution >= 0.6 is 23.2 Å². The quantitative estimate of drug-likeness (QED) is 0.588. The highest BCUT2D eigenvalue weighted by Crippen LogP contribution is 2.25. The molecule has 1 aliphatic rings. The van der Waals surface area contributed by atoms with Crippen molar-refractivity contribution in [3.63, 3.8) is 0 Å². The second kappa shape index (κ2) is 8.41. The van der Waals surface area contributed by atoms with Gasteiger partial charge in [-0.15, -0.1) is 0 Å². The molecule has 29 heavy (non-hydrogen) atoms. The van der Waals surface area contributed by atoms with Gasteiger partial charge in [0.05, 0.1) is 16.5 Å². The number of hydrogen-bond donors (Lipinski definition) is 0. The van der Waals surface area contributed by atoms with E-state index in [0.717, 1.165) is 0 Å². The Morgan fingerprint density at radius 2 is 1.76 bits per heavy atom. The lowest BCUT2D eigenvalue weighted by molar-refractivity contribution is 0.163. The molecule has 0 bridgehead atoms. The predicted molar refractivity (Wildman–Crippen MR) is 110 cm³/mol. The summed E-state index contributed by atoms with van der Waals surface area (Å²) in [5.41, 5.74) is 0.710. The van der Waals surface area contributed by atoms with Crippen molar-refractivity contribution in [3.05, 3.63) is 64.5 Å². The Bertz CT molecular complexity index is 1110. The molecule has 0 spiro atoms. The van der Waals surface area contributed by atoms with Crippen molar-refractivity contribution in [1.82, 2.24) is 19.3 Å². The Morgan fingerprint density at radius 3 is 2.48 bits per heavy atom. The smallest absolute Gasteiger partial charge is 0.243 e. The van der Waals surface area contributed by atoms with Crippen LogP contribution in [0.1, 0.15) is 5.89 Å². The minimum absolute atomic E-state index is 0.208. The third-order valence-corrected chi connectivity index (χ3v) is 7.17. The molecule has 0 N–H and O–H groups in total. The maximum atomic E-state index is 12.8. The normalized spacial score (nSPS) is 16.2. The summed E-state index contributed by atoms with van der Waals surface area (Å²) in [6, 6.07) is 13.6. The summed E-state index contributed by atoms with van der Waals surface area (Å²) in [6.45, 7) is 2.32. The van der Waals surface area contributed by atoms with E-state index in [1.165, 1.54) is 10.4 Å². The van der Waals surface area contributed by atoms with E-state index in [1.807, 2.05) is 18.2 Å². The molecule has 2 aromatic carbocycles. The molecule has 1 fully saturated rings. The van der Waals surface area contributed by atoms with Crippen LogP contribution in [0.3, 0.4) is 0 Å². The summed E-state index contributed by atoms with van der Waals surface area (Å²) in [5.74, 6) is 0.902. The molecule has 1 aliphatic heterocycles. The molecule has 0 aliphatic carbocycles. The SMILES string of the molecule is O=S(=O)(c1cccc(Cl)c1)N1CCN(Cc2nc(-c3ccccc3Cl)no2)CC1. The van der Waals surface area contributed by atoms with Crippen LogP contribution in [-0.2, 0) is 16.6 Å². The Hall–Kier alpha value is -1.97. The van der Waals surface area contributed by atoms with Crippen molar-refractivity contribution >= 4 is 33.2 Å². The van der Waals surface area contributed by atoms with E-state index in [1.54, 1.807) is 24.3 Å². The van der Waals surface area contributed by atoms with Gasteiger partial charge in [0.1, 0.15) is 0 Å². The van der Waals surface area contributed by atoms with Crippen LogP contribution in [0.15, 0.2) is 57.9 Å². The highest BCUT2D eigenvalue weighted by molar-refractivity contribution is 7.89. The molecule has 0 unspecified atom stereocenters. The van der Waals surface area contributed by atoms with E-state index in [0.29, 0.717) is 60.0 Å². The lowest BCUT2D eigenvalue weighted by Gasteiger charge is -2.33. The van der Waals surface area contributed by atoms with Crippen molar-refractivity contribution in [2.75, 3.05) is 26.2 Å². The first kappa shape index (κ1) is 20.3. The maximum absolute atomic E-state index is 12.8. The lowest BCUT2D eigenvalue weighted by atomic mass is 10.2. The zero-order valence-corrected chi connectivity index (χ0v) is 17.7. The highest BCUT2D eigenvalue weighted by atomic mass is 35.5. The average molecular weight is 453 g/mol. The van der Waals surface area contributed by atoms with E-state index < -0.39 is 10.0 Å². The molecule has 7 nitrogen and oxygen atoms in total. The summed E-state index contributed by atoms with van der Waals surface area (Å²) in [4.78, 5) is 6.70. The van der Waals surface area contributed by atoms with Crippen molar-refractivity contribution in [2.24, 2.45) is 0 Å². The number of hydrogen-bond acceptors (Lipinski definition) is 6. The van der Waals surface area contributed by atoms with Gasteiger partial charge in [-0.2, -0.15) is 9.29 Å². The second-order valence-electron chi connectivity index (χ2n) is 6.63. The zero-order chi connectivity index (χ0) is 20.4. The van der Waals surface area contributed by atoms with Crippen molar-refractivity contribution in [3.8, 4) is 11.4 Å². The topological polar surface area (TPSA) is 79.5 Å². The summed E-state index contributed by atoms with van der Waals surface area (Å²) < 4.78 is 32.4. The molecule has 0 amide bonds. The molecular weight excluding hydrogens is 435 g/mol. The van der Waals surface area contributed by atoms with Gasteiger partial charge in [-0.1, -0.05) is 46.6 Å². The van der Waals surface area contributed by atoms with E-state index in [2.05, 4.69) is 15.0 Å². The molecule has 4 rings (SSSR count). The molecule has 0 saturated carbocycles. The molecule has 2 heterocycles. The highest BCUT2D eigenvalue weighted by Gasteiger charge is 2.29. The van der Waals surface area contributed by atoms with Gasteiger partial charge in [0.15, 0.2) is 0 Å². The number of nitrogens with zero attached hydrogens (tertiary/aromatic N) is 4. The van der Waals surface area contributed by atoms with Crippen LogP contribution in [0, 0.1) is 0 Å². The third kappa shape index (κ3) is 4.46. The largest absolute Gasteiger partial charge is 0.338 e. The van der Waals surface area contributed by atoms with Crippen LogP contribution in [0.25, 0.3) is 11.4 Å². The van der Waals surface area contributed by atoms with E-state index in [4.69, 9.17) is 27.7 Å². The van der Waals surface area contributed by atoms with Crippen molar-refractivity contribution in [1.29, 1.82) is 0 Å². The minimum Gasteiger partial charge on any atom is -0.338 e. The van der Waals surface area contributed by atoms with E-state index in [-0.39, 0.29) is 4.90 Å². The average Bonchev–Trinajstić information content (AvgIpc) is 3.17. The van der Waals surface area contributed by atoms with Gasteiger partial charge in [-0.05, 0) is 30.3 Å². The van der Waals surface area contributed by atoms with Gasteiger partial charge in [-0.3, -0.25) is 4.90 Å². The van der Waals surface area contributed by atoms with Crippen molar-refractivity contribution in [2.45, 2.75) is 11.4 Å². The summed E-state index contributed by atoms with van der Waals surface area (Å²) in [6.07, 6.45) is 0. The molecule has 1 saturated heterocycles. The Labute approximate surface area is 178 Å². The monoisotopic (exact) mass is 452 g/mol. The molecule has 0 atom stereocenters. The van der Waals surface area contributed by atoms with Crippen LogP contribution < -0.4 is 0 Å². The lowest BCUT2D eigenvalue weighted by Crippen LogP contribution is -2.48. The van der Waals surface area contributed by atoms with Crippen LogP contribution in [0.4, 0.5) is 0 Å². The van der Waals surface area contributed by atoms with Gasteiger partial charge < -0.3 is 4.52 Å². The third-order valence-electron chi connectivity index (χ3n) is 4.71. The molecule has 0 radical (unpaired) electrons. The van der Waals surface area contributed by atoms with Gasteiger partial charge in [0.2, 0.25) is 21.7 Å². The predicted octanol–water partition coefficient (Wildman–Crippen LogP) is 3.55. The summed E-state index contributed by atoms with van der Waals surface area (Å²) in [7, 11) is -3.56. The molecule has 152 valence electrons. The van der Waals surface area contributed by atoms with Crippen LogP contribution in [0.5, 0.6) is 0 Å². The zero-order valence-electron chi connectivity index (χ0n) is 15.3. The fourth-order valence-electron chi connectivity index (χ4n) is 3.17. The number of benzene rings is 2. The van der Waals surface area contributed by atoms with Crippen molar-refractivity contribution < 1.29 is 12.9 Å². The van der Waals surface area contributed by atoms with Gasteiger partial charge in [0.25, 0.3) is 0 Å². The molecule has 3 aromatic rings. The molecule has 1 aromatic heterocycles. The molecular formula is C19H18Cl2N4O3S. The fourth-order valence-corrected chi connectivity index (χ4v) is 5.11. The van der Waals surface area contributed by atoms with Gasteiger partial charge >= 0.3 is 0 Å². The first-order valence-corrected chi connectivity index (χ1v) is 11.2. The van der Waals surface area contributed by atoms with E-state index >= 15 is 0 Å². The first-order valence-electron chi connectivity index (χ1n) is 8.99. The van der Waals surface area contributed by atoms with Crippen LogP contribution in [-0.4, -0.2) is 53.9 Å². The number of sulfonamides is 1. The number of aromatic nitrogens is 2. The number of rotatable bonds is 5. The fraction of sp³-hybridized carbons (Fsp3) is 0.263. The Morgan fingerprint density at radius 1 is 1.00 bits per heavy atom. The second-order valence-corrected chi connectivity index (χ2v) is 9.41. The number of piperazine rings is 1. The van der Waals surface area contributed by atoms with E-state index in [9.17, 15) is 8.42 Å². The minimum atomic E-state index is -3.56. The van der Waals surface area contributed by atoms with Crippen LogP contribution in [0.2, 0.25) is 10.0 Å². The summed E-state index contributed by atoms with van der Waals surface area (Å²) in [5, 5.41) is 4.95. The Balaban J connectivity index is 1.39. The first-order chi connectivity index (χ1) is 13.9. The number of halogens is 2. The van der Waals surface area contributed by atoms with Gasteiger partial charge in [0, 0.05) is 36.8 Å². The molecule has 10 heteroatoms. The van der Waals surface area contributed by atoms with Gasteiger partial charge in [-0.25, -0.2) is 8.42 Å². The Kier molecular flexibility index (Phi) is 5.89. The standard InChI is InChI=1S/C19H18Cl2N4O3S/c20-14-4-3-5-15(12-14)29(26,27)25-10-8-24(9-11-25)13-18-22-19(23-28-18)16-6-1-2-7-17(16)21/h1-7,12H,8-11,13H2. The maximum Gasteiger partial charge on any atom is 0.243 e.